The van der Waals surface area contributed by atoms with Gasteiger partial charge in [0.1, 0.15) is 0 Å². The van der Waals surface area contributed by atoms with Gasteiger partial charge in [0.2, 0.25) is 0 Å². The second kappa shape index (κ2) is 7.41. The summed E-state index contributed by atoms with van der Waals surface area (Å²) in [4.78, 5) is 0. The van der Waals surface area contributed by atoms with Crippen LogP contribution >= 0.6 is 0 Å². The lowest BCUT2D eigenvalue weighted by atomic mass is 9.92. The Morgan fingerprint density at radius 3 is 3.00 bits per heavy atom. The van der Waals surface area contributed by atoms with E-state index in [9.17, 15) is 0 Å². The maximum absolute atomic E-state index is 5.22. The van der Waals surface area contributed by atoms with Crippen molar-refractivity contribution in [1.29, 1.82) is 0 Å². The Morgan fingerprint density at radius 1 is 1.40 bits per heavy atom. The molecular weight excluding hydrogens is 250 g/mol. The largest absolute Gasteiger partial charge is 0.385 e. The van der Waals surface area contributed by atoms with E-state index < -0.39 is 0 Å². The van der Waals surface area contributed by atoms with Crippen molar-refractivity contribution in [1.82, 2.24) is 14.9 Å². The third-order valence-corrected chi connectivity index (χ3v) is 3.75. The van der Waals surface area contributed by atoms with Crippen molar-refractivity contribution < 1.29 is 4.74 Å². The molecule has 0 radical (unpaired) electrons. The Bertz CT molecular complexity index is 523. The number of hydrogen-bond donors (Lipinski definition) is 1. The third-order valence-electron chi connectivity index (χ3n) is 3.75. The molecule has 2 heterocycles. The van der Waals surface area contributed by atoms with Crippen LogP contribution in [0.5, 0.6) is 0 Å². The molecule has 0 fully saturated rings. The van der Waals surface area contributed by atoms with Crippen LogP contribution < -0.4 is 5.32 Å². The van der Waals surface area contributed by atoms with E-state index in [1.54, 1.807) is 7.11 Å². The summed E-state index contributed by atoms with van der Waals surface area (Å²) in [6.45, 7) is 6.29. The summed E-state index contributed by atoms with van der Waals surface area (Å²) in [5, 5.41) is 8.12. The molecule has 0 saturated carbocycles. The maximum Gasteiger partial charge on any atom is 0.0709 e. The summed E-state index contributed by atoms with van der Waals surface area (Å²) in [6, 6.07) is 6.53. The molecule has 0 aliphatic carbocycles. The zero-order valence-electron chi connectivity index (χ0n) is 12.7. The van der Waals surface area contributed by atoms with Gasteiger partial charge in [0, 0.05) is 31.5 Å². The van der Waals surface area contributed by atoms with Gasteiger partial charge in [-0.3, -0.25) is 0 Å². The van der Waals surface area contributed by atoms with Gasteiger partial charge >= 0.3 is 0 Å². The van der Waals surface area contributed by atoms with Crippen LogP contribution in [0, 0.1) is 5.92 Å². The number of fused-ring (bicyclic) bond motifs is 1. The fourth-order valence-corrected chi connectivity index (χ4v) is 2.58. The van der Waals surface area contributed by atoms with Crippen LogP contribution in [0.15, 0.2) is 30.6 Å². The van der Waals surface area contributed by atoms with Gasteiger partial charge in [0.15, 0.2) is 0 Å². The first-order valence-electron chi connectivity index (χ1n) is 7.42. The Labute approximate surface area is 121 Å². The Kier molecular flexibility index (Phi) is 5.56. The van der Waals surface area contributed by atoms with Gasteiger partial charge in [-0.05, 0) is 37.4 Å². The van der Waals surface area contributed by atoms with Gasteiger partial charge < -0.3 is 10.1 Å². The Hall–Kier alpha value is -1.39. The van der Waals surface area contributed by atoms with Crippen LogP contribution in [0.4, 0.5) is 0 Å². The van der Waals surface area contributed by atoms with Gasteiger partial charge in [-0.1, -0.05) is 19.9 Å². The molecule has 0 aliphatic heterocycles. The number of nitrogens with one attached hydrogen (secondary N) is 1. The molecule has 1 N–H and O–H groups in total. The van der Waals surface area contributed by atoms with Crippen molar-refractivity contribution in [2.45, 2.75) is 32.7 Å². The highest BCUT2D eigenvalue weighted by atomic mass is 16.5. The number of ether oxygens (including phenoxy) is 1. The molecule has 0 bridgehead atoms. The summed E-state index contributed by atoms with van der Waals surface area (Å²) in [5.74, 6) is 0.509. The number of nitrogens with zero attached hydrogens (tertiary/aromatic N) is 2. The predicted molar refractivity (Wildman–Crippen MR) is 81.9 cm³/mol. The Morgan fingerprint density at radius 2 is 2.25 bits per heavy atom. The summed E-state index contributed by atoms with van der Waals surface area (Å²) < 4.78 is 7.17. The first kappa shape index (κ1) is 15.0. The first-order valence-corrected chi connectivity index (χ1v) is 7.42. The zero-order valence-corrected chi connectivity index (χ0v) is 12.7. The van der Waals surface area contributed by atoms with E-state index in [4.69, 9.17) is 4.74 Å². The van der Waals surface area contributed by atoms with Crippen LogP contribution in [0.1, 0.15) is 38.3 Å². The molecule has 0 spiro atoms. The van der Waals surface area contributed by atoms with Gasteiger partial charge in [-0.25, -0.2) is 4.52 Å². The van der Waals surface area contributed by atoms with Gasteiger partial charge in [-0.2, -0.15) is 5.10 Å². The molecule has 2 rings (SSSR count). The lowest BCUT2D eigenvalue weighted by Crippen LogP contribution is -2.28. The topological polar surface area (TPSA) is 38.6 Å². The van der Waals surface area contributed by atoms with E-state index in [-0.39, 0.29) is 0 Å². The zero-order chi connectivity index (χ0) is 14.4. The maximum atomic E-state index is 5.22. The number of rotatable bonds is 8. The van der Waals surface area contributed by atoms with Gasteiger partial charge in [-0.15, -0.1) is 0 Å². The molecule has 0 aliphatic rings. The van der Waals surface area contributed by atoms with Crippen LogP contribution in [0.2, 0.25) is 0 Å². The normalized spacial score (nSPS) is 14.6. The molecule has 2 aromatic heterocycles. The molecule has 20 heavy (non-hydrogen) atoms. The van der Waals surface area contributed by atoms with Crippen LogP contribution in [0.3, 0.4) is 0 Å². The summed E-state index contributed by atoms with van der Waals surface area (Å²) in [6.07, 6.45) is 6.16. The van der Waals surface area contributed by atoms with Crippen molar-refractivity contribution in [3.05, 3.63) is 36.2 Å². The number of aromatic nitrogens is 2. The highest BCUT2D eigenvalue weighted by Crippen LogP contribution is 2.27. The van der Waals surface area contributed by atoms with Crippen molar-refractivity contribution in [2.75, 3.05) is 20.3 Å². The van der Waals surface area contributed by atoms with E-state index in [1.807, 2.05) is 23.0 Å². The van der Waals surface area contributed by atoms with Gasteiger partial charge in [0.05, 0.1) is 11.7 Å². The fraction of sp³-hybridized carbons (Fsp3) is 0.562. The van der Waals surface area contributed by atoms with Crippen molar-refractivity contribution in [3.63, 3.8) is 0 Å². The second-order valence-corrected chi connectivity index (χ2v) is 5.32. The van der Waals surface area contributed by atoms with E-state index in [1.165, 1.54) is 11.1 Å². The Balaban J connectivity index is 2.25. The molecule has 4 nitrogen and oxygen atoms in total. The molecule has 2 atom stereocenters. The minimum absolute atomic E-state index is 0.324. The smallest absolute Gasteiger partial charge is 0.0709 e. The number of hydrogen-bond acceptors (Lipinski definition) is 3. The lowest BCUT2D eigenvalue weighted by molar-refractivity contribution is 0.170. The molecule has 4 heteroatoms. The van der Waals surface area contributed by atoms with Crippen molar-refractivity contribution >= 4 is 5.52 Å². The monoisotopic (exact) mass is 275 g/mol. The summed E-state index contributed by atoms with van der Waals surface area (Å²) in [7, 11) is 1.76. The lowest BCUT2D eigenvalue weighted by Gasteiger charge is -2.24. The average Bonchev–Trinajstić information content (AvgIpc) is 2.89. The second-order valence-electron chi connectivity index (χ2n) is 5.32. The third kappa shape index (κ3) is 3.38. The van der Waals surface area contributed by atoms with Crippen molar-refractivity contribution in [2.24, 2.45) is 5.92 Å². The summed E-state index contributed by atoms with van der Waals surface area (Å²) >= 11 is 0. The number of methoxy groups -OCH3 is 1. The van der Waals surface area contributed by atoms with E-state index in [2.05, 4.69) is 36.4 Å². The van der Waals surface area contributed by atoms with Crippen LogP contribution in [-0.4, -0.2) is 29.9 Å². The molecule has 0 aromatic carbocycles. The summed E-state index contributed by atoms with van der Waals surface area (Å²) in [5.41, 5.74) is 2.47. The molecule has 0 saturated heterocycles. The van der Waals surface area contributed by atoms with E-state index in [0.717, 1.165) is 26.0 Å². The minimum Gasteiger partial charge on any atom is -0.385 e. The van der Waals surface area contributed by atoms with Crippen LogP contribution in [-0.2, 0) is 4.74 Å². The highest BCUT2D eigenvalue weighted by Gasteiger charge is 2.21. The minimum atomic E-state index is 0.324. The average molecular weight is 275 g/mol. The van der Waals surface area contributed by atoms with Crippen LogP contribution in [0.25, 0.3) is 5.52 Å². The molecular formula is C16H25N3O. The predicted octanol–water partition coefficient (Wildman–Crippen LogP) is 3.05. The first-order chi connectivity index (χ1) is 9.77. The fourth-order valence-electron chi connectivity index (χ4n) is 2.58. The SMILES string of the molecule is CCCNC(c1cnn2ccccc12)C(C)CCOC. The van der Waals surface area contributed by atoms with Gasteiger partial charge in [0.25, 0.3) is 0 Å². The molecule has 2 aromatic rings. The van der Waals surface area contributed by atoms with E-state index in [0.29, 0.717) is 12.0 Å². The molecule has 2 unspecified atom stereocenters. The number of pyridine rings is 1. The highest BCUT2D eigenvalue weighted by molar-refractivity contribution is 5.55. The molecule has 0 amide bonds. The molecule has 110 valence electrons. The van der Waals surface area contributed by atoms with E-state index >= 15 is 0 Å². The van der Waals surface area contributed by atoms with Crippen molar-refractivity contribution in [3.8, 4) is 0 Å². The quantitative estimate of drug-likeness (QED) is 0.804. The standard InChI is InChI=1S/C16H25N3O/c1-4-9-17-16(13(2)8-11-20-3)14-12-18-19-10-6-5-7-15(14)19/h5-7,10,12-13,16-17H,4,8-9,11H2,1-3H3.